The Labute approximate surface area is 105 Å². The molecule has 4 nitrogen and oxygen atoms in total. The number of hydrogen-bond acceptors (Lipinski definition) is 4. The molecule has 0 radical (unpaired) electrons. The fourth-order valence-corrected chi connectivity index (χ4v) is 1.58. The average molecular weight is 241 g/mol. The van der Waals surface area contributed by atoms with Gasteiger partial charge in [0.2, 0.25) is 0 Å². The molecule has 0 aliphatic carbocycles. The number of ether oxygens (including phenoxy) is 1. The molecule has 0 aromatic heterocycles. The molecule has 0 spiro atoms. The van der Waals surface area contributed by atoms with E-state index >= 15 is 0 Å². The summed E-state index contributed by atoms with van der Waals surface area (Å²) in [7, 11) is 0. The van der Waals surface area contributed by atoms with Crippen LogP contribution in [0.5, 0.6) is 0 Å². The van der Waals surface area contributed by atoms with Crippen LogP contribution < -0.4 is 0 Å². The standard InChI is InChI=1S/C13H27N3O/c1-6-13(4,5)16-9-12(14-15-16)10-17-8-7-11(2)3/h11-12H,6-10H2,1-5H3. The van der Waals surface area contributed by atoms with Crippen LogP contribution in [0.1, 0.15) is 47.5 Å². The molecule has 1 unspecified atom stereocenters. The molecule has 0 amide bonds. The molecule has 0 saturated carbocycles. The van der Waals surface area contributed by atoms with Crippen LogP contribution in [0.25, 0.3) is 0 Å². The monoisotopic (exact) mass is 241 g/mol. The summed E-state index contributed by atoms with van der Waals surface area (Å²) in [6.45, 7) is 13.4. The summed E-state index contributed by atoms with van der Waals surface area (Å²) < 4.78 is 5.64. The van der Waals surface area contributed by atoms with Crippen LogP contribution in [0.3, 0.4) is 0 Å². The predicted octanol–water partition coefficient (Wildman–Crippen LogP) is 3.29. The van der Waals surface area contributed by atoms with Gasteiger partial charge in [-0.25, -0.2) is 0 Å². The van der Waals surface area contributed by atoms with Gasteiger partial charge in [-0.15, -0.1) is 0 Å². The summed E-state index contributed by atoms with van der Waals surface area (Å²) in [4.78, 5) is 0. The summed E-state index contributed by atoms with van der Waals surface area (Å²) in [6, 6.07) is 0.216. The van der Waals surface area contributed by atoms with Crippen molar-refractivity contribution in [3.05, 3.63) is 0 Å². The second-order valence-corrected chi connectivity index (χ2v) is 5.86. The Morgan fingerprint density at radius 3 is 2.71 bits per heavy atom. The average Bonchev–Trinajstić information content (AvgIpc) is 2.73. The predicted molar refractivity (Wildman–Crippen MR) is 70.0 cm³/mol. The van der Waals surface area contributed by atoms with Gasteiger partial charge >= 0.3 is 0 Å². The van der Waals surface area contributed by atoms with Crippen molar-refractivity contribution in [2.75, 3.05) is 19.8 Å². The third kappa shape index (κ3) is 4.62. The molecule has 17 heavy (non-hydrogen) atoms. The molecular weight excluding hydrogens is 214 g/mol. The van der Waals surface area contributed by atoms with Crippen molar-refractivity contribution in [2.24, 2.45) is 16.3 Å². The van der Waals surface area contributed by atoms with Crippen molar-refractivity contribution in [2.45, 2.75) is 59.0 Å². The van der Waals surface area contributed by atoms with Gasteiger partial charge in [0.15, 0.2) is 0 Å². The Kier molecular flexibility index (Phi) is 5.37. The Morgan fingerprint density at radius 1 is 1.41 bits per heavy atom. The molecular formula is C13H27N3O. The van der Waals surface area contributed by atoms with Crippen LogP contribution in [0.2, 0.25) is 0 Å². The van der Waals surface area contributed by atoms with Gasteiger partial charge in [-0.2, -0.15) is 5.11 Å². The molecule has 0 bridgehead atoms. The SMILES string of the molecule is CCC(C)(C)N1CC(COCCC(C)C)N=N1. The highest BCUT2D eigenvalue weighted by atomic mass is 16.5. The Morgan fingerprint density at radius 2 is 2.12 bits per heavy atom. The summed E-state index contributed by atoms with van der Waals surface area (Å²) in [5.74, 6) is 0.704. The van der Waals surface area contributed by atoms with E-state index in [9.17, 15) is 0 Å². The minimum Gasteiger partial charge on any atom is -0.379 e. The van der Waals surface area contributed by atoms with E-state index in [2.05, 4.69) is 50.0 Å². The lowest BCUT2D eigenvalue weighted by atomic mass is 10.0. The van der Waals surface area contributed by atoms with Crippen LogP contribution in [0, 0.1) is 5.92 Å². The van der Waals surface area contributed by atoms with E-state index in [1.54, 1.807) is 0 Å². The lowest BCUT2D eigenvalue weighted by Gasteiger charge is -2.32. The van der Waals surface area contributed by atoms with E-state index in [1.807, 2.05) is 0 Å². The van der Waals surface area contributed by atoms with Crippen molar-refractivity contribution in [1.29, 1.82) is 0 Å². The maximum Gasteiger partial charge on any atom is 0.115 e. The maximum absolute atomic E-state index is 5.64. The summed E-state index contributed by atoms with van der Waals surface area (Å²) >= 11 is 0. The van der Waals surface area contributed by atoms with E-state index in [0.717, 1.165) is 26.0 Å². The van der Waals surface area contributed by atoms with Gasteiger partial charge in [-0.3, -0.25) is 5.01 Å². The highest BCUT2D eigenvalue weighted by Gasteiger charge is 2.30. The Hall–Kier alpha value is -0.640. The van der Waals surface area contributed by atoms with Gasteiger partial charge in [0, 0.05) is 6.61 Å². The molecule has 4 heteroatoms. The Balaban J connectivity index is 2.21. The first kappa shape index (κ1) is 14.4. The number of rotatable bonds is 7. The zero-order valence-electron chi connectivity index (χ0n) is 11.9. The third-order valence-corrected chi connectivity index (χ3v) is 3.42. The smallest absolute Gasteiger partial charge is 0.115 e. The van der Waals surface area contributed by atoms with E-state index in [-0.39, 0.29) is 11.6 Å². The van der Waals surface area contributed by atoms with Gasteiger partial charge in [0.05, 0.1) is 18.7 Å². The first-order chi connectivity index (χ1) is 7.95. The second-order valence-electron chi connectivity index (χ2n) is 5.86. The molecule has 1 aliphatic heterocycles. The second kappa shape index (κ2) is 6.34. The molecule has 1 rings (SSSR count). The third-order valence-electron chi connectivity index (χ3n) is 3.42. The molecule has 1 aliphatic rings. The van der Waals surface area contributed by atoms with Crippen LogP contribution in [0.15, 0.2) is 10.3 Å². The lowest BCUT2D eigenvalue weighted by Crippen LogP contribution is -2.40. The van der Waals surface area contributed by atoms with Crippen molar-refractivity contribution >= 4 is 0 Å². The minimum absolute atomic E-state index is 0.107. The summed E-state index contributed by atoms with van der Waals surface area (Å²) in [5, 5.41) is 10.6. The van der Waals surface area contributed by atoms with Crippen LogP contribution in [-0.4, -0.2) is 36.3 Å². The number of nitrogens with zero attached hydrogens (tertiary/aromatic N) is 3. The molecule has 1 atom stereocenters. The van der Waals surface area contributed by atoms with Gasteiger partial charge in [0.1, 0.15) is 6.04 Å². The zero-order chi connectivity index (χ0) is 12.9. The van der Waals surface area contributed by atoms with E-state index < -0.39 is 0 Å². The molecule has 0 N–H and O–H groups in total. The van der Waals surface area contributed by atoms with Crippen molar-refractivity contribution in [1.82, 2.24) is 5.01 Å². The van der Waals surface area contributed by atoms with Crippen LogP contribution >= 0.6 is 0 Å². The Bertz CT molecular complexity index is 251. The first-order valence-corrected chi connectivity index (χ1v) is 6.72. The fraction of sp³-hybridized carbons (Fsp3) is 1.00. The van der Waals surface area contributed by atoms with Crippen molar-refractivity contribution in [3.63, 3.8) is 0 Å². The quantitative estimate of drug-likeness (QED) is 0.641. The molecule has 0 aromatic rings. The van der Waals surface area contributed by atoms with Gasteiger partial charge in [-0.05, 0) is 32.6 Å². The number of hydrogen-bond donors (Lipinski definition) is 0. The highest BCUT2D eigenvalue weighted by Crippen LogP contribution is 2.23. The molecule has 0 fully saturated rings. The van der Waals surface area contributed by atoms with E-state index in [1.165, 1.54) is 0 Å². The topological polar surface area (TPSA) is 37.2 Å². The molecule has 0 aromatic carbocycles. The zero-order valence-corrected chi connectivity index (χ0v) is 11.9. The van der Waals surface area contributed by atoms with Gasteiger partial charge < -0.3 is 4.74 Å². The van der Waals surface area contributed by atoms with Crippen molar-refractivity contribution < 1.29 is 4.74 Å². The van der Waals surface area contributed by atoms with Gasteiger partial charge in [-0.1, -0.05) is 26.0 Å². The maximum atomic E-state index is 5.64. The van der Waals surface area contributed by atoms with Crippen molar-refractivity contribution in [3.8, 4) is 0 Å². The fourth-order valence-electron chi connectivity index (χ4n) is 1.58. The lowest BCUT2D eigenvalue weighted by molar-refractivity contribution is 0.0928. The summed E-state index contributed by atoms with van der Waals surface area (Å²) in [6.07, 6.45) is 2.20. The van der Waals surface area contributed by atoms with Gasteiger partial charge in [0.25, 0.3) is 0 Å². The van der Waals surface area contributed by atoms with Crippen LogP contribution in [0.4, 0.5) is 0 Å². The first-order valence-electron chi connectivity index (χ1n) is 6.72. The molecule has 1 heterocycles. The molecule has 100 valence electrons. The minimum atomic E-state index is 0.107. The van der Waals surface area contributed by atoms with E-state index in [0.29, 0.717) is 12.5 Å². The summed E-state index contributed by atoms with van der Waals surface area (Å²) in [5.41, 5.74) is 0.107. The highest BCUT2D eigenvalue weighted by molar-refractivity contribution is 4.84. The normalized spacial score (nSPS) is 20.6. The van der Waals surface area contributed by atoms with Crippen LogP contribution in [-0.2, 0) is 4.74 Å². The molecule has 0 saturated heterocycles. The largest absolute Gasteiger partial charge is 0.379 e. The van der Waals surface area contributed by atoms with E-state index in [4.69, 9.17) is 4.74 Å².